The molecule has 0 aromatic carbocycles. The second-order valence-corrected chi connectivity index (χ2v) is 8.06. The smallest absolute Gasteiger partial charge is 0.303 e. The molecule has 0 bridgehead atoms. The first kappa shape index (κ1) is 28.8. The van der Waals surface area contributed by atoms with Gasteiger partial charge in [-0.1, -0.05) is 45.4 Å². The van der Waals surface area contributed by atoms with E-state index in [1.54, 1.807) is 0 Å². The molecule has 10 nitrogen and oxygen atoms in total. The van der Waals surface area contributed by atoms with Crippen molar-refractivity contribution in [2.24, 2.45) is 0 Å². The second-order valence-electron chi connectivity index (χ2n) is 8.06. The first-order valence-electron chi connectivity index (χ1n) is 11.6. The molecule has 10 heteroatoms. The van der Waals surface area contributed by atoms with Crippen LogP contribution >= 0.6 is 0 Å². The van der Waals surface area contributed by atoms with E-state index in [0.29, 0.717) is 6.61 Å². The number of carbonyl (C=O) groups excluding carboxylic acids is 4. The van der Waals surface area contributed by atoms with Crippen LogP contribution in [0.2, 0.25) is 0 Å². The lowest BCUT2D eigenvalue weighted by Gasteiger charge is -2.44. The molecule has 1 aliphatic heterocycles. The van der Waals surface area contributed by atoms with Crippen LogP contribution in [0.25, 0.3) is 0 Å². The van der Waals surface area contributed by atoms with Gasteiger partial charge in [0, 0.05) is 34.3 Å². The van der Waals surface area contributed by atoms with Crippen LogP contribution in [0.15, 0.2) is 0 Å². The fourth-order valence-electron chi connectivity index (χ4n) is 3.58. The Labute approximate surface area is 195 Å². The van der Waals surface area contributed by atoms with Crippen molar-refractivity contribution in [3.05, 3.63) is 0 Å². The highest BCUT2D eigenvalue weighted by atomic mass is 16.7. The minimum atomic E-state index is -1.20. The molecule has 0 aromatic heterocycles. The molecule has 1 aliphatic rings. The van der Waals surface area contributed by atoms with Gasteiger partial charge in [-0.3, -0.25) is 19.2 Å². The van der Waals surface area contributed by atoms with Crippen molar-refractivity contribution in [2.45, 2.75) is 110 Å². The van der Waals surface area contributed by atoms with Crippen molar-refractivity contribution in [3.63, 3.8) is 0 Å². The molecule has 33 heavy (non-hydrogen) atoms. The van der Waals surface area contributed by atoms with E-state index < -0.39 is 54.6 Å². The first-order valence-corrected chi connectivity index (χ1v) is 11.6. The Morgan fingerprint density at radius 3 is 1.73 bits per heavy atom. The van der Waals surface area contributed by atoms with Gasteiger partial charge < -0.3 is 28.4 Å². The van der Waals surface area contributed by atoms with E-state index in [1.807, 2.05) is 0 Å². The maximum atomic E-state index is 11.8. The lowest BCUT2D eigenvalue weighted by Crippen LogP contribution is -2.63. The van der Waals surface area contributed by atoms with Crippen molar-refractivity contribution in [2.75, 3.05) is 13.2 Å². The Hall–Kier alpha value is -2.20. The monoisotopic (exact) mass is 474 g/mol. The van der Waals surface area contributed by atoms with Gasteiger partial charge in [0.15, 0.2) is 24.6 Å². The fraction of sp³-hybridized carbons (Fsp3) is 0.826. The van der Waals surface area contributed by atoms with Crippen molar-refractivity contribution < 1.29 is 47.6 Å². The van der Waals surface area contributed by atoms with E-state index in [-0.39, 0.29) is 6.61 Å². The number of ether oxygens (including phenoxy) is 6. The Bertz CT molecular complexity index is 635. The third-order valence-electron chi connectivity index (χ3n) is 4.98. The van der Waals surface area contributed by atoms with E-state index in [9.17, 15) is 19.2 Å². The summed E-state index contributed by atoms with van der Waals surface area (Å²) in [5, 5.41) is 0. The van der Waals surface area contributed by atoms with Crippen LogP contribution in [0, 0.1) is 0 Å². The van der Waals surface area contributed by atoms with Crippen LogP contribution in [-0.2, 0) is 47.6 Å². The number of carbonyl (C=O) groups is 4. The van der Waals surface area contributed by atoms with Gasteiger partial charge in [0.25, 0.3) is 0 Å². The van der Waals surface area contributed by atoms with Crippen molar-refractivity contribution in [3.8, 4) is 0 Å². The SMILES string of the molecule is CCCCCCCCCO[C@@H]1O[C@H](COC(C)=O)[C@@H](OC(C)=O)[C@H](OC(C)=O)[C@H]1OC(C)=O. The molecule has 0 N–H and O–H groups in total. The van der Waals surface area contributed by atoms with Crippen molar-refractivity contribution in [1.82, 2.24) is 0 Å². The summed E-state index contributed by atoms with van der Waals surface area (Å²) in [5.74, 6) is -2.55. The number of unbranched alkanes of at least 4 members (excludes halogenated alkanes) is 6. The topological polar surface area (TPSA) is 124 Å². The molecule has 0 saturated carbocycles. The molecule has 0 unspecified atom stereocenters. The summed E-state index contributed by atoms with van der Waals surface area (Å²) >= 11 is 0. The molecule has 190 valence electrons. The first-order chi connectivity index (χ1) is 15.6. The fourth-order valence-corrected chi connectivity index (χ4v) is 3.58. The predicted molar refractivity (Wildman–Crippen MR) is 116 cm³/mol. The Kier molecular flexibility index (Phi) is 13.6. The highest BCUT2D eigenvalue weighted by molar-refractivity contribution is 5.68. The number of hydrogen-bond acceptors (Lipinski definition) is 10. The summed E-state index contributed by atoms with van der Waals surface area (Å²) in [4.78, 5) is 46.6. The lowest BCUT2D eigenvalue weighted by atomic mass is 9.98. The summed E-state index contributed by atoms with van der Waals surface area (Å²) in [6.45, 7) is 7.00. The van der Waals surface area contributed by atoms with Gasteiger partial charge in [-0.05, 0) is 6.42 Å². The van der Waals surface area contributed by atoms with Crippen molar-refractivity contribution >= 4 is 23.9 Å². The number of esters is 4. The zero-order chi connectivity index (χ0) is 24.8. The molecule has 0 radical (unpaired) electrons. The molecule has 1 rings (SSSR count). The van der Waals surface area contributed by atoms with Crippen molar-refractivity contribution in [1.29, 1.82) is 0 Å². The Morgan fingerprint density at radius 1 is 0.667 bits per heavy atom. The van der Waals surface area contributed by atoms with E-state index in [4.69, 9.17) is 28.4 Å². The average Bonchev–Trinajstić information content (AvgIpc) is 2.71. The van der Waals surface area contributed by atoms with Gasteiger partial charge >= 0.3 is 23.9 Å². The molecule has 0 spiro atoms. The third kappa shape index (κ3) is 11.5. The van der Waals surface area contributed by atoms with Gasteiger partial charge in [-0.2, -0.15) is 0 Å². The summed E-state index contributed by atoms with van der Waals surface area (Å²) in [6, 6.07) is 0. The minimum Gasteiger partial charge on any atom is -0.463 e. The van der Waals surface area contributed by atoms with Crippen LogP contribution in [-0.4, -0.2) is 67.8 Å². The zero-order valence-corrected chi connectivity index (χ0v) is 20.3. The summed E-state index contributed by atoms with van der Waals surface area (Å²) < 4.78 is 32.8. The van der Waals surface area contributed by atoms with Crippen LogP contribution < -0.4 is 0 Å². The van der Waals surface area contributed by atoms with Gasteiger partial charge in [0.1, 0.15) is 12.7 Å². The van der Waals surface area contributed by atoms with E-state index >= 15 is 0 Å². The largest absolute Gasteiger partial charge is 0.463 e. The van der Waals surface area contributed by atoms with E-state index in [1.165, 1.54) is 47.0 Å². The molecule has 1 heterocycles. The maximum absolute atomic E-state index is 11.8. The molecular weight excluding hydrogens is 436 g/mol. The van der Waals surface area contributed by atoms with Gasteiger partial charge in [-0.25, -0.2) is 0 Å². The van der Waals surface area contributed by atoms with E-state index in [0.717, 1.165) is 25.7 Å². The molecule has 1 saturated heterocycles. The zero-order valence-electron chi connectivity index (χ0n) is 20.3. The second kappa shape index (κ2) is 15.6. The molecular formula is C23H38O10. The quantitative estimate of drug-likeness (QED) is 0.211. The van der Waals surface area contributed by atoms with Crippen LogP contribution in [0.3, 0.4) is 0 Å². The predicted octanol–water partition coefficient (Wildman–Crippen LogP) is 2.84. The van der Waals surface area contributed by atoms with Gasteiger partial charge in [0.2, 0.25) is 0 Å². The highest BCUT2D eigenvalue weighted by Gasteiger charge is 2.52. The Morgan fingerprint density at radius 2 is 1.18 bits per heavy atom. The Balaban J connectivity index is 2.95. The third-order valence-corrected chi connectivity index (χ3v) is 4.98. The molecule has 0 aromatic rings. The molecule has 0 aliphatic carbocycles. The lowest BCUT2D eigenvalue weighted by molar-refractivity contribution is -0.308. The van der Waals surface area contributed by atoms with Crippen LogP contribution in [0.5, 0.6) is 0 Å². The minimum absolute atomic E-state index is 0.269. The van der Waals surface area contributed by atoms with Gasteiger partial charge in [0.05, 0.1) is 0 Å². The standard InChI is InChI=1S/C23H38O10/c1-6-7-8-9-10-11-12-13-28-23-22(32-18(5)27)21(31-17(4)26)20(30-16(3)25)19(33-23)14-29-15(2)24/h19-23H,6-14H2,1-5H3/t19-,20-,21+,22-,23-/m1/s1. The van der Waals surface area contributed by atoms with E-state index in [2.05, 4.69) is 6.92 Å². The number of hydrogen-bond donors (Lipinski definition) is 0. The maximum Gasteiger partial charge on any atom is 0.303 e. The summed E-state index contributed by atoms with van der Waals surface area (Å²) in [5.41, 5.74) is 0. The summed E-state index contributed by atoms with van der Waals surface area (Å²) in [6.07, 6.45) is 1.94. The highest BCUT2D eigenvalue weighted by Crippen LogP contribution is 2.30. The number of rotatable bonds is 14. The normalized spacial score (nSPS) is 24.6. The van der Waals surface area contributed by atoms with Crippen LogP contribution in [0.1, 0.15) is 79.6 Å². The average molecular weight is 475 g/mol. The molecule has 1 fully saturated rings. The molecule has 0 amide bonds. The van der Waals surface area contributed by atoms with Crippen LogP contribution in [0.4, 0.5) is 0 Å². The van der Waals surface area contributed by atoms with Gasteiger partial charge in [-0.15, -0.1) is 0 Å². The molecule has 5 atom stereocenters. The summed E-state index contributed by atoms with van der Waals surface area (Å²) in [7, 11) is 0.